The minimum absolute atomic E-state index is 0. The Morgan fingerprint density at radius 2 is 1.76 bits per heavy atom. The second-order valence-corrected chi connectivity index (χ2v) is 9.21. The third kappa shape index (κ3) is 7.65. The van der Waals surface area contributed by atoms with Gasteiger partial charge in [0, 0.05) is 36.0 Å². The van der Waals surface area contributed by atoms with Crippen molar-refractivity contribution in [2.45, 2.75) is 65.6 Å². The van der Waals surface area contributed by atoms with E-state index in [1.807, 2.05) is 6.08 Å². The Bertz CT molecular complexity index is 766. The summed E-state index contributed by atoms with van der Waals surface area (Å²) < 4.78 is 13.4. The van der Waals surface area contributed by atoms with E-state index in [2.05, 4.69) is 27.7 Å². The maximum atomic E-state index is 13.4. The molecule has 0 fully saturated rings. The summed E-state index contributed by atoms with van der Waals surface area (Å²) in [6.45, 7) is 8.75. The summed E-state index contributed by atoms with van der Waals surface area (Å²) in [5.74, 6) is -1.38. The van der Waals surface area contributed by atoms with E-state index in [9.17, 15) is 19.4 Å². The van der Waals surface area contributed by atoms with E-state index < -0.39 is 24.6 Å². The molecule has 3 N–H and O–H groups in total. The molecular formula is C23H31FNaO4. The van der Waals surface area contributed by atoms with Gasteiger partial charge in [0.15, 0.2) is 0 Å². The van der Waals surface area contributed by atoms with Crippen molar-refractivity contribution in [2.75, 3.05) is 0 Å². The van der Waals surface area contributed by atoms with Gasteiger partial charge in [-0.15, -0.1) is 0 Å². The molecule has 0 spiro atoms. The molecule has 1 aliphatic rings. The summed E-state index contributed by atoms with van der Waals surface area (Å²) in [4.78, 5) is 10.7. The predicted octanol–water partition coefficient (Wildman–Crippen LogP) is 4.19. The second kappa shape index (κ2) is 10.4. The minimum atomic E-state index is -1.10. The third-order valence-electron chi connectivity index (χ3n) is 5.23. The Balaban J connectivity index is 0.00000420. The molecule has 1 aromatic rings. The fourth-order valence-electron chi connectivity index (χ4n) is 4.42. The molecule has 1 radical (unpaired) electrons. The van der Waals surface area contributed by atoms with Crippen LogP contribution in [0.1, 0.15) is 58.9 Å². The monoisotopic (exact) mass is 413 g/mol. The van der Waals surface area contributed by atoms with Gasteiger partial charge in [-0.3, -0.25) is 4.79 Å². The minimum Gasteiger partial charge on any atom is -0.481 e. The van der Waals surface area contributed by atoms with Crippen LogP contribution < -0.4 is 0 Å². The van der Waals surface area contributed by atoms with Crippen LogP contribution in [0.15, 0.2) is 42.0 Å². The first-order valence-corrected chi connectivity index (χ1v) is 9.65. The van der Waals surface area contributed by atoms with Gasteiger partial charge in [-0.1, -0.05) is 52.0 Å². The van der Waals surface area contributed by atoms with Crippen molar-refractivity contribution < 1.29 is 24.5 Å². The number of aliphatic hydroxyl groups is 2. The Labute approximate surface area is 194 Å². The molecule has 0 amide bonds. The van der Waals surface area contributed by atoms with Crippen molar-refractivity contribution in [1.82, 2.24) is 0 Å². The van der Waals surface area contributed by atoms with Crippen molar-refractivity contribution in [3.8, 4) is 0 Å². The van der Waals surface area contributed by atoms with Crippen LogP contribution in [0, 0.1) is 16.6 Å². The van der Waals surface area contributed by atoms with Gasteiger partial charge in [0.1, 0.15) is 5.82 Å². The van der Waals surface area contributed by atoms with Crippen molar-refractivity contribution in [2.24, 2.45) is 10.8 Å². The first kappa shape index (κ1) is 26.1. The average molecular weight is 413 g/mol. The average Bonchev–Trinajstić information content (AvgIpc) is 2.51. The van der Waals surface area contributed by atoms with E-state index in [-0.39, 0.29) is 52.6 Å². The molecule has 2 atom stereocenters. The number of carboxylic acids is 1. The first-order chi connectivity index (χ1) is 12.9. The van der Waals surface area contributed by atoms with Crippen molar-refractivity contribution in [1.29, 1.82) is 0 Å². The summed E-state index contributed by atoms with van der Waals surface area (Å²) in [5.41, 5.74) is 3.09. The molecule has 0 heterocycles. The molecule has 29 heavy (non-hydrogen) atoms. The number of hydrogen-bond donors (Lipinski definition) is 3. The van der Waals surface area contributed by atoms with Gasteiger partial charge in [-0.2, -0.15) is 0 Å². The molecular weight excluding hydrogens is 382 g/mol. The van der Waals surface area contributed by atoms with E-state index >= 15 is 0 Å². The maximum absolute atomic E-state index is 13.4. The zero-order chi connectivity index (χ0) is 21.1. The number of aliphatic hydroxyl groups excluding tert-OH is 2. The Hall–Kier alpha value is -0.980. The molecule has 0 aromatic heterocycles. The molecule has 6 heteroatoms. The molecule has 1 aromatic carbocycles. The Kier molecular flexibility index (Phi) is 9.31. The van der Waals surface area contributed by atoms with Gasteiger partial charge >= 0.3 is 5.97 Å². The van der Waals surface area contributed by atoms with Crippen LogP contribution in [0.25, 0.3) is 5.57 Å². The van der Waals surface area contributed by atoms with Gasteiger partial charge < -0.3 is 15.3 Å². The topological polar surface area (TPSA) is 77.8 Å². The van der Waals surface area contributed by atoms with Crippen LogP contribution in [-0.2, 0) is 4.79 Å². The number of allylic oxidation sites excluding steroid dienone is 3. The Morgan fingerprint density at radius 1 is 1.17 bits per heavy atom. The summed E-state index contributed by atoms with van der Waals surface area (Å²) in [5, 5.41) is 28.7. The summed E-state index contributed by atoms with van der Waals surface area (Å²) in [6, 6.07) is 6.47. The number of carboxylic acid groups (broad SMARTS) is 1. The smallest absolute Gasteiger partial charge is 0.305 e. The van der Waals surface area contributed by atoms with E-state index in [0.29, 0.717) is 0 Å². The first-order valence-electron chi connectivity index (χ1n) is 9.65. The number of aliphatic carboxylic acids is 1. The Morgan fingerprint density at radius 3 is 2.31 bits per heavy atom. The summed E-state index contributed by atoms with van der Waals surface area (Å²) in [7, 11) is 0. The van der Waals surface area contributed by atoms with Gasteiger partial charge in [-0.25, -0.2) is 4.39 Å². The van der Waals surface area contributed by atoms with Crippen molar-refractivity contribution in [3.05, 3.63) is 53.4 Å². The van der Waals surface area contributed by atoms with Crippen LogP contribution in [0.5, 0.6) is 0 Å². The largest absolute Gasteiger partial charge is 0.481 e. The van der Waals surface area contributed by atoms with Crippen LogP contribution in [0.2, 0.25) is 0 Å². The standard InChI is InChI=1S/C23H31FO4.Na/c1-22(2)13-19(15-5-7-16(24)8-6-15)20(23(3,4)14-22)10-9-17(25)11-18(26)12-21(27)28;/h5-10,17-18,25-26H,11-14H2,1-4H3,(H,27,28);. The molecule has 2 rings (SSSR count). The molecule has 2 unspecified atom stereocenters. The number of benzene rings is 1. The zero-order valence-corrected chi connectivity index (χ0v) is 20.1. The molecule has 1 aliphatic carbocycles. The van der Waals surface area contributed by atoms with Crippen LogP contribution >= 0.6 is 0 Å². The van der Waals surface area contributed by atoms with Crippen LogP contribution in [0.4, 0.5) is 4.39 Å². The van der Waals surface area contributed by atoms with E-state index in [0.717, 1.165) is 29.6 Å². The molecule has 0 saturated heterocycles. The predicted molar refractivity (Wildman–Crippen MR) is 114 cm³/mol. The maximum Gasteiger partial charge on any atom is 0.305 e. The molecule has 155 valence electrons. The van der Waals surface area contributed by atoms with E-state index in [4.69, 9.17) is 5.11 Å². The van der Waals surface area contributed by atoms with Gasteiger partial charge in [-0.05, 0) is 52.5 Å². The van der Waals surface area contributed by atoms with E-state index in [1.165, 1.54) is 12.1 Å². The van der Waals surface area contributed by atoms with Gasteiger partial charge in [0.25, 0.3) is 0 Å². The number of halogens is 1. The quantitative estimate of drug-likeness (QED) is 0.586. The van der Waals surface area contributed by atoms with Crippen LogP contribution in [-0.4, -0.2) is 63.1 Å². The van der Waals surface area contributed by atoms with Gasteiger partial charge in [0.2, 0.25) is 0 Å². The normalized spacial score (nSPS) is 20.2. The molecule has 0 aliphatic heterocycles. The number of carbonyl (C=O) groups is 1. The van der Waals surface area contributed by atoms with E-state index in [1.54, 1.807) is 18.2 Å². The summed E-state index contributed by atoms with van der Waals surface area (Å²) >= 11 is 0. The van der Waals surface area contributed by atoms with Crippen molar-refractivity contribution >= 4 is 41.1 Å². The number of rotatable bonds is 7. The molecule has 0 saturated carbocycles. The SMILES string of the molecule is CC1(C)CC(c2ccc(F)cc2)=C(C=CC(O)CC(O)CC(=O)O)C(C)(C)C1.[Na]. The summed E-state index contributed by atoms with van der Waals surface area (Å²) in [6.07, 6.45) is 2.82. The van der Waals surface area contributed by atoms with Crippen LogP contribution in [0.3, 0.4) is 0 Å². The zero-order valence-electron chi connectivity index (χ0n) is 18.1. The third-order valence-corrected chi connectivity index (χ3v) is 5.23. The van der Waals surface area contributed by atoms with Gasteiger partial charge in [0.05, 0.1) is 18.6 Å². The van der Waals surface area contributed by atoms with Crippen molar-refractivity contribution in [3.63, 3.8) is 0 Å². The number of hydrogen-bond acceptors (Lipinski definition) is 3. The fraction of sp³-hybridized carbons (Fsp3) is 0.522. The molecule has 4 nitrogen and oxygen atoms in total. The second-order valence-electron chi connectivity index (χ2n) is 9.21. The fourth-order valence-corrected chi connectivity index (χ4v) is 4.42. The molecule has 0 bridgehead atoms.